The predicted molar refractivity (Wildman–Crippen MR) is 160 cm³/mol. The SMILES string of the molecule is COc1ccc([C@@H]2C(C(=O)Nc3ccc(C)cc3C)=C(C)N=c3s/c(=C/c4ccc(SC)cc4)c(=O)n32)cc1. The van der Waals surface area contributed by atoms with Crippen LogP contribution in [-0.4, -0.2) is 23.8 Å². The van der Waals surface area contributed by atoms with E-state index in [0.717, 1.165) is 32.8 Å². The van der Waals surface area contributed by atoms with Crippen molar-refractivity contribution < 1.29 is 9.53 Å². The molecule has 1 amide bonds. The van der Waals surface area contributed by atoms with E-state index < -0.39 is 6.04 Å². The number of aromatic nitrogens is 1. The van der Waals surface area contributed by atoms with Crippen molar-refractivity contribution in [3.63, 3.8) is 0 Å². The van der Waals surface area contributed by atoms with E-state index in [1.807, 2.05) is 99.8 Å². The summed E-state index contributed by atoms with van der Waals surface area (Å²) >= 11 is 3.00. The Morgan fingerprint density at radius 3 is 2.41 bits per heavy atom. The molecule has 0 bridgehead atoms. The van der Waals surface area contributed by atoms with Crippen LogP contribution in [0.15, 0.2) is 92.7 Å². The van der Waals surface area contributed by atoms with Gasteiger partial charge in [0, 0.05) is 10.6 Å². The number of ether oxygens (including phenoxy) is 1. The molecule has 5 rings (SSSR count). The molecule has 1 aromatic heterocycles. The van der Waals surface area contributed by atoms with Crippen molar-refractivity contribution in [1.82, 2.24) is 4.57 Å². The first-order chi connectivity index (χ1) is 18.8. The molecule has 1 aliphatic heterocycles. The van der Waals surface area contributed by atoms with Crippen molar-refractivity contribution in [2.75, 3.05) is 18.7 Å². The molecule has 0 unspecified atom stereocenters. The van der Waals surface area contributed by atoms with Crippen LogP contribution in [0.4, 0.5) is 5.69 Å². The second-order valence-corrected chi connectivity index (χ2v) is 11.3. The Bertz CT molecular complexity index is 1770. The zero-order valence-corrected chi connectivity index (χ0v) is 24.1. The van der Waals surface area contributed by atoms with E-state index in [2.05, 4.69) is 5.32 Å². The summed E-state index contributed by atoms with van der Waals surface area (Å²) in [6.07, 6.45) is 3.91. The number of hydrogen-bond acceptors (Lipinski definition) is 6. The van der Waals surface area contributed by atoms with Crippen molar-refractivity contribution in [3.05, 3.63) is 120 Å². The van der Waals surface area contributed by atoms with E-state index in [1.165, 1.54) is 11.3 Å². The van der Waals surface area contributed by atoms with Gasteiger partial charge in [-0.1, -0.05) is 53.3 Å². The maximum atomic E-state index is 13.9. The summed E-state index contributed by atoms with van der Waals surface area (Å²) in [5.41, 5.74) is 5.37. The molecule has 39 heavy (non-hydrogen) atoms. The number of fused-ring (bicyclic) bond motifs is 1. The van der Waals surface area contributed by atoms with Gasteiger partial charge < -0.3 is 10.1 Å². The molecule has 4 aromatic rings. The van der Waals surface area contributed by atoms with Crippen LogP contribution in [0, 0.1) is 13.8 Å². The lowest BCUT2D eigenvalue weighted by atomic mass is 9.95. The highest BCUT2D eigenvalue weighted by Crippen LogP contribution is 2.32. The third-order valence-corrected chi connectivity index (χ3v) is 8.47. The molecule has 1 N–H and O–H groups in total. The van der Waals surface area contributed by atoms with Gasteiger partial charge in [0.15, 0.2) is 4.80 Å². The molecule has 0 radical (unpaired) electrons. The minimum absolute atomic E-state index is 0.183. The molecular weight excluding hydrogens is 526 g/mol. The summed E-state index contributed by atoms with van der Waals surface area (Å²) in [5.74, 6) is 0.410. The molecule has 0 saturated carbocycles. The third kappa shape index (κ3) is 5.35. The first-order valence-electron chi connectivity index (χ1n) is 12.5. The lowest BCUT2D eigenvalue weighted by Gasteiger charge is -2.25. The standard InChI is InChI=1S/C31H29N3O3S2/c1-18-6-15-25(19(2)16-18)33-29(35)27-20(3)32-31-34(28(27)22-9-11-23(37-4)12-10-22)30(36)26(39-31)17-21-7-13-24(38-5)14-8-21/h6-17,28H,1-5H3,(H,33,35)/b26-17+/t28-/m1/s1. The van der Waals surface area contributed by atoms with Crippen LogP contribution >= 0.6 is 23.1 Å². The first kappa shape index (κ1) is 26.7. The maximum absolute atomic E-state index is 13.9. The first-order valence-corrected chi connectivity index (χ1v) is 14.5. The molecule has 1 atom stereocenters. The monoisotopic (exact) mass is 555 g/mol. The van der Waals surface area contributed by atoms with Gasteiger partial charge in [-0.2, -0.15) is 0 Å². The minimum atomic E-state index is -0.640. The van der Waals surface area contributed by atoms with E-state index in [0.29, 0.717) is 26.4 Å². The Morgan fingerprint density at radius 1 is 1.05 bits per heavy atom. The normalized spacial score (nSPS) is 15.1. The van der Waals surface area contributed by atoms with E-state index in [1.54, 1.807) is 23.4 Å². The van der Waals surface area contributed by atoms with Crippen LogP contribution in [0.25, 0.3) is 6.08 Å². The topological polar surface area (TPSA) is 72.7 Å². The number of nitrogens with zero attached hydrogens (tertiary/aromatic N) is 2. The molecule has 6 nitrogen and oxygen atoms in total. The van der Waals surface area contributed by atoms with E-state index >= 15 is 0 Å². The highest BCUT2D eigenvalue weighted by atomic mass is 32.2. The number of hydrogen-bond donors (Lipinski definition) is 1. The Kier molecular flexibility index (Phi) is 7.59. The highest BCUT2D eigenvalue weighted by molar-refractivity contribution is 7.98. The number of benzene rings is 3. The average Bonchev–Trinajstić information content (AvgIpc) is 3.23. The number of rotatable bonds is 6. The number of thioether (sulfide) groups is 1. The summed E-state index contributed by atoms with van der Waals surface area (Å²) < 4.78 is 7.55. The lowest BCUT2D eigenvalue weighted by molar-refractivity contribution is -0.113. The van der Waals surface area contributed by atoms with Gasteiger partial charge in [0.1, 0.15) is 5.75 Å². The zero-order chi connectivity index (χ0) is 27.7. The van der Waals surface area contributed by atoms with Crippen molar-refractivity contribution in [3.8, 4) is 5.75 Å². The van der Waals surface area contributed by atoms with Crippen LogP contribution < -0.4 is 24.9 Å². The van der Waals surface area contributed by atoms with Crippen LogP contribution in [0.2, 0.25) is 0 Å². The van der Waals surface area contributed by atoms with Crippen LogP contribution in [0.1, 0.15) is 35.2 Å². The number of nitrogens with one attached hydrogen (secondary N) is 1. The Labute approximate surface area is 235 Å². The molecule has 2 heterocycles. The molecule has 0 spiro atoms. The Morgan fingerprint density at radius 2 is 1.77 bits per heavy atom. The molecule has 198 valence electrons. The van der Waals surface area contributed by atoms with E-state index in [9.17, 15) is 9.59 Å². The second kappa shape index (κ2) is 11.1. The van der Waals surface area contributed by atoms with Crippen molar-refractivity contribution >= 4 is 40.8 Å². The number of methoxy groups -OCH3 is 1. The molecule has 0 fully saturated rings. The zero-order valence-electron chi connectivity index (χ0n) is 22.4. The maximum Gasteiger partial charge on any atom is 0.271 e. The fraction of sp³-hybridized carbons (Fsp3) is 0.194. The number of thiazole rings is 1. The van der Waals surface area contributed by atoms with Crippen LogP contribution in [0.5, 0.6) is 5.75 Å². The molecular formula is C31H29N3O3S2. The number of amides is 1. The van der Waals surface area contributed by atoms with Gasteiger partial charge in [0.25, 0.3) is 11.5 Å². The van der Waals surface area contributed by atoms with Gasteiger partial charge in [0.2, 0.25) is 0 Å². The van der Waals surface area contributed by atoms with Crippen LogP contribution in [-0.2, 0) is 4.79 Å². The summed E-state index contributed by atoms with van der Waals surface area (Å²) in [4.78, 5) is 34.2. The lowest BCUT2D eigenvalue weighted by Crippen LogP contribution is -2.40. The van der Waals surface area contributed by atoms with Gasteiger partial charge in [-0.05, 0) is 80.1 Å². The Hall–Kier alpha value is -3.88. The summed E-state index contributed by atoms with van der Waals surface area (Å²) in [6.45, 7) is 5.80. The Balaban J connectivity index is 1.64. The molecule has 0 saturated heterocycles. The quantitative estimate of drug-likeness (QED) is 0.331. The minimum Gasteiger partial charge on any atom is -0.497 e. The summed E-state index contributed by atoms with van der Waals surface area (Å²) in [7, 11) is 1.61. The number of carbonyl (C=O) groups is 1. The van der Waals surface area contributed by atoms with Gasteiger partial charge in [0.05, 0.1) is 29.0 Å². The van der Waals surface area contributed by atoms with E-state index in [-0.39, 0.29) is 11.5 Å². The van der Waals surface area contributed by atoms with Crippen molar-refractivity contribution in [2.45, 2.75) is 31.7 Å². The molecule has 8 heteroatoms. The number of aryl methyl sites for hydroxylation is 2. The number of carbonyl (C=O) groups excluding carboxylic acids is 1. The van der Waals surface area contributed by atoms with Crippen molar-refractivity contribution in [1.29, 1.82) is 0 Å². The van der Waals surface area contributed by atoms with Crippen LogP contribution in [0.3, 0.4) is 0 Å². The van der Waals surface area contributed by atoms with Crippen molar-refractivity contribution in [2.24, 2.45) is 4.99 Å². The smallest absolute Gasteiger partial charge is 0.271 e. The number of anilines is 1. The van der Waals surface area contributed by atoms with Gasteiger partial charge in [-0.15, -0.1) is 11.8 Å². The summed E-state index contributed by atoms with van der Waals surface area (Å²) in [6, 6.07) is 20.8. The van der Waals surface area contributed by atoms with E-state index in [4.69, 9.17) is 9.73 Å². The molecule has 3 aromatic carbocycles. The van der Waals surface area contributed by atoms with Gasteiger partial charge in [-0.3, -0.25) is 14.2 Å². The van der Waals surface area contributed by atoms with Gasteiger partial charge >= 0.3 is 0 Å². The van der Waals surface area contributed by atoms with Gasteiger partial charge in [-0.25, -0.2) is 4.99 Å². The second-order valence-electron chi connectivity index (χ2n) is 9.40. The summed E-state index contributed by atoms with van der Waals surface area (Å²) in [5, 5.41) is 3.06. The largest absolute Gasteiger partial charge is 0.497 e. The average molecular weight is 556 g/mol. The third-order valence-electron chi connectivity index (χ3n) is 6.74. The molecule has 1 aliphatic rings. The fourth-order valence-corrected chi connectivity index (χ4v) is 6.16. The fourth-order valence-electron chi connectivity index (χ4n) is 4.71. The highest BCUT2D eigenvalue weighted by Gasteiger charge is 2.32. The predicted octanol–water partition coefficient (Wildman–Crippen LogP) is 5.22. The molecule has 0 aliphatic carbocycles. The number of allylic oxidation sites excluding steroid dienone is 1.